The summed E-state index contributed by atoms with van der Waals surface area (Å²) in [6.45, 7) is 8.76. The third-order valence-electron chi connectivity index (χ3n) is 4.45. The maximum absolute atomic E-state index is 13.6. The number of nitrogens with one attached hydrogen (secondary N) is 2. The fourth-order valence-corrected chi connectivity index (χ4v) is 3.17. The molecule has 0 aromatic heterocycles. The second-order valence-corrected chi connectivity index (χ2v) is 6.13. The van der Waals surface area contributed by atoms with Gasteiger partial charge < -0.3 is 10.6 Å². The van der Waals surface area contributed by atoms with Crippen LogP contribution in [0.1, 0.15) is 30.7 Å². The summed E-state index contributed by atoms with van der Waals surface area (Å²) < 4.78 is 26.7. The smallest absolute Gasteiger partial charge is 0.224 e. The van der Waals surface area contributed by atoms with E-state index >= 15 is 0 Å². The van der Waals surface area contributed by atoms with Gasteiger partial charge in [0.2, 0.25) is 5.91 Å². The molecule has 1 aromatic carbocycles. The maximum atomic E-state index is 13.6. The van der Waals surface area contributed by atoms with Gasteiger partial charge in [-0.3, -0.25) is 4.79 Å². The molecule has 1 aliphatic heterocycles. The number of halogens is 3. The van der Waals surface area contributed by atoms with E-state index in [4.69, 9.17) is 0 Å². The van der Waals surface area contributed by atoms with Crippen molar-refractivity contribution in [3.8, 4) is 0 Å². The first kappa shape index (κ1) is 21.3. The van der Waals surface area contributed by atoms with Gasteiger partial charge in [0, 0.05) is 24.4 Å². The van der Waals surface area contributed by atoms with Gasteiger partial charge in [0.25, 0.3) is 0 Å². The van der Waals surface area contributed by atoms with Crippen LogP contribution in [0.5, 0.6) is 0 Å². The summed E-state index contributed by atoms with van der Waals surface area (Å²) in [5, 5.41) is 6.30. The largest absolute Gasteiger partial charge is 0.351 e. The SMILES string of the molecule is C=CCC(CC=C)C(=O)NC1CNCCC1c1ccc(F)c(F)c1.Cl. The van der Waals surface area contributed by atoms with Crippen molar-refractivity contribution in [3.63, 3.8) is 0 Å². The Bertz CT molecular complexity index is 599. The fourth-order valence-electron chi connectivity index (χ4n) is 3.17. The van der Waals surface area contributed by atoms with Crippen LogP contribution in [0, 0.1) is 17.6 Å². The van der Waals surface area contributed by atoms with E-state index in [9.17, 15) is 13.6 Å². The highest BCUT2D eigenvalue weighted by molar-refractivity contribution is 5.85. The predicted molar refractivity (Wildman–Crippen MR) is 98.9 cm³/mol. The number of allylic oxidation sites excluding steroid dienone is 2. The topological polar surface area (TPSA) is 41.1 Å². The molecule has 0 saturated carbocycles. The number of amides is 1. The molecule has 1 amide bonds. The average molecular weight is 371 g/mol. The molecule has 25 heavy (non-hydrogen) atoms. The Hall–Kier alpha value is -1.72. The van der Waals surface area contributed by atoms with Gasteiger partial charge in [0.1, 0.15) is 0 Å². The average Bonchev–Trinajstić information content (AvgIpc) is 2.57. The van der Waals surface area contributed by atoms with Gasteiger partial charge in [-0.1, -0.05) is 18.2 Å². The Morgan fingerprint density at radius 3 is 2.56 bits per heavy atom. The molecule has 0 aliphatic carbocycles. The van der Waals surface area contributed by atoms with E-state index in [1.165, 1.54) is 6.07 Å². The lowest BCUT2D eigenvalue weighted by atomic mass is 9.85. The highest BCUT2D eigenvalue weighted by Crippen LogP contribution is 2.27. The number of carbonyl (C=O) groups is 1. The zero-order valence-corrected chi connectivity index (χ0v) is 15.0. The summed E-state index contributed by atoms with van der Waals surface area (Å²) in [5.74, 6) is -2.01. The minimum Gasteiger partial charge on any atom is -0.351 e. The standard InChI is InChI=1S/C19H24F2N2O.ClH/c1-3-5-13(6-4-2)19(24)23-18-12-22-10-9-15(18)14-7-8-16(20)17(21)11-14;/h3-4,7-8,11,13,15,18,22H,1-2,5-6,9-10,12H2,(H,23,24);1H. The van der Waals surface area contributed by atoms with Crippen LogP contribution in [0.4, 0.5) is 8.78 Å². The second kappa shape index (κ2) is 10.3. The van der Waals surface area contributed by atoms with E-state index in [1.54, 1.807) is 18.2 Å². The molecule has 2 atom stereocenters. The lowest BCUT2D eigenvalue weighted by Gasteiger charge is -2.34. The van der Waals surface area contributed by atoms with Gasteiger partial charge in [0.05, 0.1) is 0 Å². The van der Waals surface area contributed by atoms with Crippen LogP contribution in [0.2, 0.25) is 0 Å². The van der Waals surface area contributed by atoms with E-state index in [0.717, 1.165) is 19.0 Å². The van der Waals surface area contributed by atoms with E-state index in [1.807, 2.05) is 0 Å². The third kappa shape index (κ3) is 5.65. The van der Waals surface area contributed by atoms with Crippen molar-refractivity contribution in [1.29, 1.82) is 0 Å². The predicted octanol–water partition coefficient (Wildman–Crippen LogP) is 3.72. The van der Waals surface area contributed by atoms with Crippen molar-refractivity contribution in [2.75, 3.05) is 13.1 Å². The quantitative estimate of drug-likeness (QED) is 0.718. The second-order valence-electron chi connectivity index (χ2n) is 6.13. The van der Waals surface area contributed by atoms with Gasteiger partial charge in [-0.05, 0) is 43.5 Å². The number of carbonyl (C=O) groups excluding carboxylic acids is 1. The van der Waals surface area contributed by atoms with Crippen molar-refractivity contribution in [2.45, 2.75) is 31.2 Å². The van der Waals surface area contributed by atoms with E-state index in [-0.39, 0.29) is 36.2 Å². The molecular formula is C19H25ClF2N2O. The molecule has 3 nitrogen and oxygen atoms in total. The van der Waals surface area contributed by atoms with Crippen molar-refractivity contribution < 1.29 is 13.6 Å². The van der Waals surface area contributed by atoms with Crippen molar-refractivity contribution in [3.05, 3.63) is 60.7 Å². The van der Waals surface area contributed by atoms with Crippen LogP contribution in [0.25, 0.3) is 0 Å². The molecule has 1 aliphatic rings. The molecule has 2 unspecified atom stereocenters. The summed E-state index contributed by atoms with van der Waals surface area (Å²) in [6, 6.07) is 3.81. The molecule has 0 bridgehead atoms. The Morgan fingerprint density at radius 2 is 1.96 bits per heavy atom. The summed E-state index contributed by atoms with van der Waals surface area (Å²) in [6.07, 6.45) is 5.35. The minimum absolute atomic E-state index is 0. The van der Waals surface area contributed by atoms with Crippen LogP contribution >= 0.6 is 12.4 Å². The first-order valence-corrected chi connectivity index (χ1v) is 8.24. The van der Waals surface area contributed by atoms with Crippen LogP contribution < -0.4 is 10.6 Å². The number of hydrogen-bond acceptors (Lipinski definition) is 2. The Kier molecular flexibility index (Phi) is 8.79. The van der Waals surface area contributed by atoms with Crippen LogP contribution in [0.3, 0.4) is 0 Å². The monoisotopic (exact) mass is 370 g/mol. The lowest BCUT2D eigenvalue weighted by molar-refractivity contribution is -0.125. The van der Waals surface area contributed by atoms with Gasteiger partial charge in [-0.25, -0.2) is 8.78 Å². The van der Waals surface area contributed by atoms with Crippen molar-refractivity contribution in [1.82, 2.24) is 10.6 Å². The molecule has 0 radical (unpaired) electrons. The summed E-state index contributed by atoms with van der Waals surface area (Å²) in [7, 11) is 0. The minimum atomic E-state index is -0.856. The van der Waals surface area contributed by atoms with E-state index in [2.05, 4.69) is 23.8 Å². The Morgan fingerprint density at radius 1 is 1.28 bits per heavy atom. The lowest BCUT2D eigenvalue weighted by Crippen LogP contribution is -2.51. The molecule has 2 N–H and O–H groups in total. The van der Waals surface area contributed by atoms with Crippen molar-refractivity contribution in [2.24, 2.45) is 5.92 Å². The van der Waals surface area contributed by atoms with Crippen molar-refractivity contribution >= 4 is 18.3 Å². The highest BCUT2D eigenvalue weighted by Gasteiger charge is 2.29. The zero-order valence-electron chi connectivity index (χ0n) is 14.1. The molecule has 6 heteroatoms. The summed E-state index contributed by atoms with van der Waals surface area (Å²) in [5.41, 5.74) is 0.713. The Balaban J connectivity index is 0.00000312. The molecule has 0 spiro atoms. The van der Waals surface area contributed by atoms with Gasteiger partial charge in [-0.15, -0.1) is 25.6 Å². The normalized spacial score (nSPS) is 19.8. The number of rotatable bonds is 7. The molecule has 2 rings (SSSR count). The molecule has 1 saturated heterocycles. The molecule has 1 aromatic rings. The Labute approximate surface area is 154 Å². The van der Waals surface area contributed by atoms with Crippen LogP contribution in [0.15, 0.2) is 43.5 Å². The third-order valence-corrected chi connectivity index (χ3v) is 4.45. The first-order chi connectivity index (χ1) is 11.6. The van der Waals surface area contributed by atoms with Crippen LogP contribution in [-0.2, 0) is 4.79 Å². The number of piperidine rings is 1. The summed E-state index contributed by atoms with van der Waals surface area (Å²) >= 11 is 0. The zero-order chi connectivity index (χ0) is 17.5. The maximum Gasteiger partial charge on any atom is 0.224 e. The fraction of sp³-hybridized carbons (Fsp3) is 0.421. The number of benzene rings is 1. The van der Waals surface area contributed by atoms with Gasteiger partial charge >= 0.3 is 0 Å². The number of hydrogen-bond donors (Lipinski definition) is 2. The van der Waals surface area contributed by atoms with E-state index in [0.29, 0.717) is 24.9 Å². The highest BCUT2D eigenvalue weighted by atomic mass is 35.5. The van der Waals surface area contributed by atoms with Gasteiger partial charge in [0.15, 0.2) is 11.6 Å². The first-order valence-electron chi connectivity index (χ1n) is 8.24. The summed E-state index contributed by atoms with van der Waals surface area (Å²) in [4.78, 5) is 12.5. The molecular weight excluding hydrogens is 346 g/mol. The molecule has 1 heterocycles. The molecule has 1 fully saturated rings. The van der Waals surface area contributed by atoms with E-state index < -0.39 is 11.6 Å². The van der Waals surface area contributed by atoms with Gasteiger partial charge in [-0.2, -0.15) is 0 Å². The molecule has 138 valence electrons. The van der Waals surface area contributed by atoms with Crippen LogP contribution in [-0.4, -0.2) is 25.0 Å².